The zero-order chi connectivity index (χ0) is 27.0. The number of esters is 2. The number of methoxy groups -OCH3 is 2. The zero-order valence-corrected chi connectivity index (χ0v) is 21.3. The van der Waals surface area contributed by atoms with Gasteiger partial charge < -0.3 is 30.2 Å². The summed E-state index contributed by atoms with van der Waals surface area (Å²) in [5.41, 5.74) is 4.70. The number of carbonyl (C=O) groups excluding carboxylic acids is 2. The first-order chi connectivity index (χ1) is 16.9. The molecular formula is C20H33N4O11P. The summed E-state index contributed by atoms with van der Waals surface area (Å²) in [5.74, 6) is -1.64. The molecule has 1 fully saturated rings. The minimum Gasteiger partial charge on any atom is -0.468 e. The molecule has 204 valence electrons. The first kappa shape index (κ1) is 29.8. The lowest BCUT2D eigenvalue weighted by Gasteiger charge is -2.38. The second-order valence-corrected chi connectivity index (χ2v) is 10.2. The molecule has 1 aliphatic rings. The van der Waals surface area contributed by atoms with Gasteiger partial charge in [0.05, 0.1) is 26.9 Å². The number of nitrogen functional groups attached to an aromatic ring is 1. The van der Waals surface area contributed by atoms with Crippen molar-refractivity contribution < 1.29 is 47.6 Å². The van der Waals surface area contributed by atoms with Crippen molar-refractivity contribution in [2.45, 2.75) is 57.3 Å². The van der Waals surface area contributed by atoms with Crippen molar-refractivity contribution in [3.8, 4) is 0 Å². The van der Waals surface area contributed by atoms with Crippen molar-refractivity contribution in [2.75, 3.05) is 33.2 Å². The maximum Gasteiger partial charge on any atom is 0.406 e. The van der Waals surface area contributed by atoms with Gasteiger partial charge in [0.2, 0.25) is 0 Å². The lowest BCUT2D eigenvalue weighted by molar-refractivity contribution is -0.206. The van der Waals surface area contributed by atoms with E-state index >= 15 is 0 Å². The van der Waals surface area contributed by atoms with Crippen LogP contribution >= 0.6 is 7.75 Å². The number of hydrogen-bond acceptors (Lipinski definition) is 13. The van der Waals surface area contributed by atoms with Gasteiger partial charge >= 0.3 is 25.4 Å². The third-order valence-corrected chi connectivity index (χ3v) is 6.76. The summed E-state index contributed by atoms with van der Waals surface area (Å²) in [7, 11) is -2.12. The molecule has 2 heterocycles. The number of nitrogens with two attached hydrogens (primary N) is 1. The Balaban J connectivity index is 2.22. The highest BCUT2D eigenvalue weighted by Gasteiger charge is 2.41. The van der Waals surface area contributed by atoms with Crippen LogP contribution in [0.1, 0.15) is 32.9 Å². The Bertz CT molecular complexity index is 1000. The van der Waals surface area contributed by atoms with E-state index in [9.17, 15) is 29.2 Å². The van der Waals surface area contributed by atoms with E-state index < -0.39 is 69.2 Å². The van der Waals surface area contributed by atoms with Gasteiger partial charge in [-0.05, 0) is 18.4 Å². The Morgan fingerprint density at radius 3 is 2.56 bits per heavy atom. The second-order valence-electron chi connectivity index (χ2n) is 8.45. The van der Waals surface area contributed by atoms with Gasteiger partial charge in [-0.25, -0.2) is 19.2 Å². The topological polar surface area (TPSA) is 211 Å². The van der Waals surface area contributed by atoms with Gasteiger partial charge in [0.1, 0.15) is 24.1 Å². The number of ether oxygens (including phenoxy) is 3. The van der Waals surface area contributed by atoms with Crippen LogP contribution < -0.4 is 16.5 Å². The van der Waals surface area contributed by atoms with Crippen molar-refractivity contribution in [1.82, 2.24) is 14.6 Å². The summed E-state index contributed by atoms with van der Waals surface area (Å²) in [6.45, 7) is 2.32. The molecule has 0 saturated carbocycles. The Labute approximate surface area is 207 Å². The zero-order valence-electron chi connectivity index (χ0n) is 20.4. The van der Waals surface area contributed by atoms with Crippen LogP contribution in [-0.4, -0.2) is 83.5 Å². The molecule has 5 N–H and O–H groups in total. The van der Waals surface area contributed by atoms with E-state index in [1.165, 1.54) is 12.3 Å². The van der Waals surface area contributed by atoms with Crippen LogP contribution in [0.15, 0.2) is 17.1 Å². The fourth-order valence-corrected chi connectivity index (χ4v) is 4.82. The minimum absolute atomic E-state index is 0.0202. The molecule has 1 aliphatic heterocycles. The fraction of sp³-hybridized carbons (Fsp3) is 0.700. The SMILES string of the molecule is COC(=O)COP(=O)(N[C@@H](CC(C)C)C(=O)OC)OC[C@H]1O[C@@H](n2ccc(N)nc2=O)C(O)C[C@H]1O. The molecule has 0 amide bonds. The Hall–Kier alpha value is -2.39. The summed E-state index contributed by atoms with van der Waals surface area (Å²) in [6.07, 6.45) is -3.76. The van der Waals surface area contributed by atoms with Crippen LogP contribution in [0, 0.1) is 5.92 Å². The number of carbonyl (C=O) groups is 2. The highest BCUT2D eigenvalue weighted by molar-refractivity contribution is 7.51. The highest BCUT2D eigenvalue weighted by Crippen LogP contribution is 2.45. The number of aliphatic hydroxyl groups is 2. The van der Waals surface area contributed by atoms with E-state index in [4.69, 9.17) is 24.3 Å². The van der Waals surface area contributed by atoms with Crippen LogP contribution in [-0.2, 0) is 37.4 Å². The number of nitrogens with zero attached hydrogens (tertiary/aromatic N) is 2. The Kier molecular flexibility index (Phi) is 11.0. The lowest BCUT2D eigenvalue weighted by Crippen LogP contribution is -2.49. The number of aliphatic hydroxyl groups excluding tert-OH is 2. The lowest BCUT2D eigenvalue weighted by atomic mass is 10.0. The Morgan fingerprint density at radius 1 is 1.28 bits per heavy atom. The van der Waals surface area contributed by atoms with E-state index in [-0.39, 0.29) is 24.6 Å². The van der Waals surface area contributed by atoms with E-state index in [0.717, 1.165) is 18.8 Å². The molecule has 0 radical (unpaired) electrons. The number of nitrogens with one attached hydrogen (secondary N) is 1. The molecule has 16 heteroatoms. The third-order valence-electron chi connectivity index (χ3n) is 5.18. The van der Waals surface area contributed by atoms with E-state index in [2.05, 4.69) is 14.8 Å². The van der Waals surface area contributed by atoms with Gasteiger partial charge in [-0.15, -0.1) is 0 Å². The average Bonchev–Trinajstić information content (AvgIpc) is 2.81. The molecule has 2 unspecified atom stereocenters. The summed E-state index contributed by atoms with van der Waals surface area (Å²) in [5, 5.41) is 23.2. The third kappa shape index (κ3) is 8.34. The first-order valence-electron chi connectivity index (χ1n) is 11.1. The smallest absolute Gasteiger partial charge is 0.406 e. The van der Waals surface area contributed by atoms with Gasteiger partial charge in [-0.3, -0.25) is 18.4 Å². The van der Waals surface area contributed by atoms with Crippen LogP contribution in [0.25, 0.3) is 0 Å². The van der Waals surface area contributed by atoms with Crippen molar-refractivity contribution in [3.05, 3.63) is 22.7 Å². The van der Waals surface area contributed by atoms with Crippen molar-refractivity contribution in [2.24, 2.45) is 5.92 Å². The first-order valence-corrected chi connectivity index (χ1v) is 12.6. The largest absolute Gasteiger partial charge is 0.468 e. The van der Waals surface area contributed by atoms with Gasteiger partial charge in [-0.1, -0.05) is 13.8 Å². The predicted molar refractivity (Wildman–Crippen MR) is 123 cm³/mol. The molecule has 0 bridgehead atoms. The number of hydrogen-bond donors (Lipinski definition) is 4. The van der Waals surface area contributed by atoms with Gasteiger partial charge in [-0.2, -0.15) is 4.98 Å². The molecule has 1 aromatic rings. The summed E-state index contributed by atoms with van der Waals surface area (Å²) in [6, 6.07) is 0.221. The monoisotopic (exact) mass is 536 g/mol. The fourth-order valence-electron chi connectivity index (χ4n) is 3.38. The molecular weight excluding hydrogens is 503 g/mol. The Morgan fingerprint density at radius 2 is 1.97 bits per heavy atom. The maximum atomic E-state index is 13.5. The van der Waals surface area contributed by atoms with Crippen molar-refractivity contribution >= 4 is 25.5 Å². The molecule has 1 saturated heterocycles. The molecule has 0 aliphatic carbocycles. The van der Waals surface area contributed by atoms with Gasteiger partial charge in [0, 0.05) is 12.6 Å². The number of anilines is 1. The molecule has 0 aromatic carbocycles. The number of aromatic nitrogens is 2. The van der Waals surface area contributed by atoms with Crippen LogP contribution in [0.4, 0.5) is 5.82 Å². The standard InChI is InChI=1S/C20H33N4O11P/c1-11(2)7-12(19(28)32-4)23-36(30,34-10-17(27)31-3)33-9-15-13(25)8-14(26)18(35-15)24-6-5-16(21)22-20(24)29/h5-6,11-15,18,25-26H,7-10H2,1-4H3,(H,23,30)(H2,21,22,29)/t12-,13+,14?,15+,18+,36?/m0/s1. The van der Waals surface area contributed by atoms with Crippen LogP contribution in [0.2, 0.25) is 0 Å². The molecule has 2 rings (SSSR count). The minimum atomic E-state index is -4.38. The summed E-state index contributed by atoms with van der Waals surface area (Å²) >= 11 is 0. The van der Waals surface area contributed by atoms with Crippen molar-refractivity contribution in [3.63, 3.8) is 0 Å². The molecule has 6 atom stereocenters. The van der Waals surface area contributed by atoms with E-state index in [1.54, 1.807) is 0 Å². The number of rotatable bonds is 12. The molecule has 15 nitrogen and oxygen atoms in total. The maximum absolute atomic E-state index is 13.5. The highest BCUT2D eigenvalue weighted by atomic mass is 31.2. The molecule has 1 aromatic heterocycles. The van der Waals surface area contributed by atoms with Crippen molar-refractivity contribution in [1.29, 1.82) is 0 Å². The predicted octanol–water partition coefficient (Wildman–Crippen LogP) is -0.674. The van der Waals surface area contributed by atoms with Gasteiger partial charge in [0.25, 0.3) is 0 Å². The average molecular weight is 536 g/mol. The quantitative estimate of drug-likeness (QED) is 0.193. The van der Waals surface area contributed by atoms with Crippen LogP contribution in [0.3, 0.4) is 0 Å². The van der Waals surface area contributed by atoms with E-state index in [0.29, 0.717) is 0 Å². The molecule has 0 spiro atoms. The summed E-state index contributed by atoms with van der Waals surface area (Å²) in [4.78, 5) is 39.6. The normalized spacial score (nSPS) is 24.6. The van der Waals surface area contributed by atoms with Crippen LogP contribution in [0.5, 0.6) is 0 Å². The summed E-state index contributed by atoms with van der Waals surface area (Å²) < 4.78 is 39.9. The second kappa shape index (κ2) is 13.2. The molecule has 36 heavy (non-hydrogen) atoms. The van der Waals surface area contributed by atoms with Gasteiger partial charge in [0.15, 0.2) is 12.8 Å². The van der Waals surface area contributed by atoms with E-state index in [1.807, 2.05) is 13.8 Å².